The highest BCUT2D eigenvalue weighted by Gasteiger charge is 2.27. The average molecular weight is 473 g/mol. The Morgan fingerprint density at radius 2 is 1.82 bits per heavy atom. The molecule has 2 aromatic rings. The lowest BCUT2D eigenvalue weighted by Gasteiger charge is -2.21. The number of furan rings is 1. The van der Waals surface area contributed by atoms with E-state index >= 15 is 0 Å². The summed E-state index contributed by atoms with van der Waals surface area (Å²) < 4.78 is 38.9. The van der Waals surface area contributed by atoms with Crippen molar-refractivity contribution < 1.29 is 22.4 Å². The van der Waals surface area contributed by atoms with Gasteiger partial charge in [-0.2, -0.15) is 4.31 Å². The molecule has 1 heterocycles. The van der Waals surface area contributed by atoms with Crippen molar-refractivity contribution >= 4 is 37.5 Å². The van der Waals surface area contributed by atoms with Gasteiger partial charge in [0.05, 0.1) is 16.6 Å². The number of rotatable bonds is 8. The number of carbonyl (C=O) groups is 1. The molecule has 28 heavy (non-hydrogen) atoms. The van der Waals surface area contributed by atoms with Crippen LogP contribution in [0.1, 0.15) is 42.6 Å². The number of nitrogens with zero attached hydrogens (tertiary/aromatic N) is 1. The maximum absolute atomic E-state index is 13.0. The molecule has 2 rings (SSSR count). The van der Waals surface area contributed by atoms with Crippen LogP contribution in [-0.2, 0) is 10.0 Å². The quantitative estimate of drug-likeness (QED) is 0.616. The summed E-state index contributed by atoms with van der Waals surface area (Å²) >= 11 is 3.35. The van der Waals surface area contributed by atoms with Gasteiger partial charge in [0.15, 0.2) is 0 Å². The van der Waals surface area contributed by atoms with E-state index in [1.165, 1.54) is 10.4 Å². The smallest absolute Gasteiger partial charge is 0.260 e. The van der Waals surface area contributed by atoms with Gasteiger partial charge in [-0.15, -0.1) is 0 Å². The van der Waals surface area contributed by atoms with Gasteiger partial charge in [0.2, 0.25) is 10.0 Å². The molecule has 7 nitrogen and oxygen atoms in total. The van der Waals surface area contributed by atoms with E-state index in [0.717, 1.165) is 0 Å². The first-order valence-corrected chi connectivity index (χ1v) is 11.2. The molecule has 9 heteroatoms. The van der Waals surface area contributed by atoms with E-state index in [1.54, 1.807) is 46.8 Å². The van der Waals surface area contributed by atoms with Crippen molar-refractivity contribution in [2.24, 2.45) is 0 Å². The summed E-state index contributed by atoms with van der Waals surface area (Å²) in [6.07, 6.45) is 0. The summed E-state index contributed by atoms with van der Waals surface area (Å²) in [7, 11) is -3.76. The lowest BCUT2D eigenvalue weighted by molar-refractivity contribution is 0.102. The minimum Gasteiger partial charge on any atom is -0.492 e. The van der Waals surface area contributed by atoms with E-state index in [9.17, 15) is 13.2 Å². The normalized spacial score (nSPS) is 11.7. The van der Waals surface area contributed by atoms with Crippen LogP contribution in [0.5, 0.6) is 5.75 Å². The molecule has 0 bridgehead atoms. The van der Waals surface area contributed by atoms with E-state index < -0.39 is 15.9 Å². The van der Waals surface area contributed by atoms with Crippen LogP contribution in [-0.4, -0.2) is 38.3 Å². The first-order chi connectivity index (χ1) is 13.2. The van der Waals surface area contributed by atoms with E-state index in [0.29, 0.717) is 46.9 Å². The number of aryl methyl sites for hydroxylation is 2. The fraction of sp³-hybridized carbons (Fsp3) is 0.421. The monoisotopic (exact) mass is 472 g/mol. The van der Waals surface area contributed by atoms with Gasteiger partial charge in [0.25, 0.3) is 5.91 Å². The zero-order chi connectivity index (χ0) is 21.1. The summed E-state index contributed by atoms with van der Waals surface area (Å²) in [6, 6.07) is 4.59. The molecule has 0 aliphatic carbocycles. The summed E-state index contributed by atoms with van der Waals surface area (Å²) in [6.45, 7) is 9.77. The van der Waals surface area contributed by atoms with Gasteiger partial charge in [-0.1, -0.05) is 13.8 Å². The van der Waals surface area contributed by atoms with Gasteiger partial charge in [0, 0.05) is 18.8 Å². The molecule has 0 aliphatic heterocycles. The molecule has 0 aliphatic rings. The van der Waals surface area contributed by atoms with Gasteiger partial charge in [-0.25, -0.2) is 8.42 Å². The Hall–Kier alpha value is -1.84. The minimum absolute atomic E-state index is 0.0232. The van der Waals surface area contributed by atoms with Crippen molar-refractivity contribution in [1.29, 1.82) is 0 Å². The highest BCUT2D eigenvalue weighted by Crippen LogP contribution is 2.32. The van der Waals surface area contributed by atoms with Crippen LogP contribution >= 0.6 is 15.9 Å². The fourth-order valence-electron chi connectivity index (χ4n) is 2.87. The third-order valence-corrected chi connectivity index (χ3v) is 7.26. The van der Waals surface area contributed by atoms with Crippen LogP contribution in [0.25, 0.3) is 0 Å². The lowest BCUT2D eigenvalue weighted by Crippen LogP contribution is -2.31. The number of amides is 1. The number of halogens is 1. The first kappa shape index (κ1) is 22.4. The molecule has 0 saturated heterocycles. The van der Waals surface area contributed by atoms with Crippen molar-refractivity contribution in [3.63, 3.8) is 0 Å². The van der Waals surface area contributed by atoms with Crippen LogP contribution in [0.4, 0.5) is 5.69 Å². The number of hydrogen-bond acceptors (Lipinski definition) is 5. The Bertz CT molecular complexity index is 965. The molecule has 0 fully saturated rings. The van der Waals surface area contributed by atoms with E-state index in [4.69, 9.17) is 9.15 Å². The molecule has 1 N–H and O–H groups in total. The number of sulfonamides is 1. The molecule has 1 amide bonds. The number of nitrogens with one attached hydrogen (secondary N) is 1. The van der Waals surface area contributed by atoms with E-state index in [1.807, 2.05) is 0 Å². The lowest BCUT2D eigenvalue weighted by atomic mass is 10.2. The molecule has 0 radical (unpaired) electrons. The van der Waals surface area contributed by atoms with Crippen molar-refractivity contribution in [1.82, 2.24) is 4.31 Å². The van der Waals surface area contributed by atoms with E-state index in [-0.39, 0.29) is 10.6 Å². The number of anilines is 1. The molecule has 1 aromatic carbocycles. The van der Waals surface area contributed by atoms with Gasteiger partial charge in [0.1, 0.15) is 22.2 Å². The maximum Gasteiger partial charge on any atom is 0.260 e. The standard InChI is InChI=1S/C19H25BrN2O5S/c1-6-22(7-2)28(24,25)16-11-14(9-10-15(16)26-8-3)21-19(23)17-12(4)27-13(5)18(17)20/h9-11H,6-8H2,1-5H3,(H,21,23). The van der Waals surface area contributed by atoms with Gasteiger partial charge in [-0.3, -0.25) is 4.79 Å². The van der Waals surface area contributed by atoms with Gasteiger partial charge < -0.3 is 14.5 Å². The maximum atomic E-state index is 13.0. The second-order valence-electron chi connectivity index (χ2n) is 6.04. The highest BCUT2D eigenvalue weighted by atomic mass is 79.9. The summed E-state index contributed by atoms with van der Waals surface area (Å²) in [5.41, 5.74) is 0.726. The molecular weight excluding hydrogens is 448 g/mol. The third-order valence-electron chi connectivity index (χ3n) is 4.24. The van der Waals surface area contributed by atoms with Gasteiger partial charge in [-0.05, 0) is 54.9 Å². The van der Waals surface area contributed by atoms with Crippen molar-refractivity contribution in [3.8, 4) is 5.75 Å². The Balaban J connectivity index is 2.46. The van der Waals surface area contributed by atoms with Crippen LogP contribution in [0.15, 0.2) is 32.0 Å². The zero-order valence-electron chi connectivity index (χ0n) is 16.6. The van der Waals surface area contributed by atoms with Crippen LogP contribution in [0, 0.1) is 13.8 Å². The first-order valence-electron chi connectivity index (χ1n) is 9.01. The molecule has 0 unspecified atom stereocenters. The average Bonchev–Trinajstić information content (AvgIpc) is 2.89. The minimum atomic E-state index is -3.76. The molecule has 1 aromatic heterocycles. The number of carbonyl (C=O) groups excluding carboxylic acids is 1. The largest absolute Gasteiger partial charge is 0.492 e. The fourth-order valence-corrected chi connectivity index (χ4v) is 5.03. The van der Waals surface area contributed by atoms with Crippen molar-refractivity contribution in [3.05, 3.63) is 39.8 Å². The van der Waals surface area contributed by atoms with Crippen LogP contribution in [0.2, 0.25) is 0 Å². The molecule has 0 saturated carbocycles. The van der Waals surface area contributed by atoms with Crippen molar-refractivity contribution in [2.45, 2.75) is 39.5 Å². The SMILES string of the molecule is CCOc1ccc(NC(=O)c2c(C)oc(C)c2Br)cc1S(=O)(=O)N(CC)CC. The second kappa shape index (κ2) is 9.11. The second-order valence-corrected chi connectivity index (χ2v) is 8.74. The number of ether oxygens (including phenoxy) is 1. The predicted octanol–water partition coefficient (Wildman–Crippen LogP) is 4.34. The molecule has 0 spiro atoms. The Morgan fingerprint density at radius 1 is 1.18 bits per heavy atom. The molecular formula is C19H25BrN2O5S. The Morgan fingerprint density at radius 3 is 2.32 bits per heavy atom. The summed E-state index contributed by atoms with van der Waals surface area (Å²) in [4.78, 5) is 12.7. The highest BCUT2D eigenvalue weighted by molar-refractivity contribution is 9.10. The third kappa shape index (κ3) is 4.42. The van der Waals surface area contributed by atoms with E-state index in [2.05, 4.69) is 21.2 Å². The van der Waals surface area contributed by atoms with Crippen LogP contribution < -0.4 is 10.1 Å². The van der Waals surface area contributed by atoms with Gasteiger partial charge >= 0.3 is 0 Å². The number of benzene rings is 1. The Labute approximate surface area is 174 Å². The predicted molar refractivity (Wildman–Crippen MR) is 112 cm³/mol. The zero-order valence-corrected chi connectivity index (χ0v) is 19.0. The molecule has 0 atom stereocenters. The Kier molecular flexibility index (Phi) is 7.30. The number of hydrogen-bond donors (Lipinski definition) is 1. The van der Waals surface area contributed by atoms with Crippen molar-refractivity contribution in [2.75, 3.05) is 25.0 Å². The van der Waals surface area contributed by atoms with Crippen LogP contribution in [0.3, 0.4) is 0 Å². The summed E-state index contributed by atoms with van der Waals surface area (Å²) in [5, 5.41) is 2.74. The summed E-state index contributed by atoms with van der Waals surface area (Å²) in [5.74, 6) is 0.934. The molecule has 154 valence electrons. The topological polar surface area (TPSA) is 88.8 Å².